The summed E-state index contributed by atoms with van der Waals surface area (Å²) < 4.78 is 16.1. The summed E-state index contributed by atoms with van der Waals surface area (Å²) in [5.41, 5.74) is 0.477. The number of aliphatic hydroxyl groups is 1. The Hall–Kier alpha value is -2.93. The van der Waals surface area contributed by atoms with Crippen molar-refractivity contribution in [2.24, 2.45) is 5.92 Å². The van der Waals surface area contributed by atoms with E-state index in [-0.39, 0.29) is 23.6 Å². The monoisotopic (exact) mass is 441 g/mol. The van der Waals surface area contributed by atoms with Crippen LogP contribution in [0.2, 0.25) is 0 Å². The van der Waals surface area contributed by atoms with Crippen LogP contribution in [0, 0.1) is 5.92 Å². The zero-order valence-electron chi connectivity index (χ0n) is 18.8. The van der Waals surface area contributed by atoms with Crippen molar-refractivity contribution in [3.63, 3.8) is 0 Å². The maximum atomic E-state index is 13.8. The van der Waals surface area contributed by atoms with Gasteiger partial charge in [-0.1, -0.05) is 18.9 Å². The second kappa shape index (κ2) is 8.90. The summed E-state index contributed by atoms with van der Waals surface area (Å²) in [6, 6.07) is 9.99. The molecule has 7 nitrogen and oxygen atoms in total. The second-order valence-corrected chi connectivity index (χ2v) is 8.65. The highest BCUT2D eigenvalue weighted by Gasteiger charge is 2.50. The first-order valence-corrected chi connectivity index (χ1v) is 11.0. The lowest BCUT2D eigenvalue weighted by atomic mass is 9.66. The SMILES string of the molecule is COc1ccc(C(=O)N2CC[C@]3(O)CCCC[C@H]3[C@H]2c2ccc(O)c(OC)c2)c(OC)c1. The molecule has 2 aromatic carbocycles. The van der Waals surface area contributed by atoms with Crippen molar-refractivity contribution < 1.29 is 29.2 Å². The first-order valence-electron chi connectivity index (χ1n) is 11.0. The third kappa shape index (κ3) is 3.86. The molecule has 0 aromatic heterocycles. The number of hydrogen-bond acceptors (Lipinski definition) is 6. The fourth-order valence-corrected chi connectivity index (χ4v) is 5.33. The van der Waals surface area contributed by atoms with Gasteiger partial charge in [-0.15, -0.1) is 0 Å². The number of ether oxygens (including phenoxy) is 3. The zero-order valence-corrected chi connectivity index (χ0v) is 18.8. The van der Waals surface area contributed by atoms with E-state index in [0.29, 0.717) is 35.8 Å². The van der Waals surface area contributed by atoms with Gasteiger partial charge in [0.2, 0.25) is 0 Å². The molecule has 0 bridgehead atoms. The van der Waals surface area contributed by atoms with Gasteiger partial charge < -0.3 is 29.3 Å². The molecule has 2 fully saturated rings. The van der Waals surface area contributed by atoms with E-state index in [9.17, 15) is 15.0 Å². The predicted molar refractivity (Wildman–Crippen MR) is 120 cm³/mol. The average Bonchev–Trinajstić information content (AvgIpc) is 2.82. The van der Waals surface area contributed by atoms with Crippen LogP contribution in [-0.4, -0.2) is 54.5 Å². The number of fused-ring (bicyclic) bond motifs is 1. The Balaban J connectivity index is 1.78. The molecule has 1 amide bonds. The molecule has 0 radical (unpaired) electrons. The molecule has 1 heterocycles. The highest BCUT2D eigenvalue weighted by molar-refractivity contribution is 5.97. The van der Waals surface area contributed by atoms with Crippen LogP contribution >= 0.6 is 0 Å². The van der Waals surface area contributed by atoms with Crippen LogP contribution in [0.3, 0.4) is 0 Å². The van der Waals surface area contributed by atoms with Crippen LogP contribution in [-0.2, 0) is 0 Å². The van der Waals surface area contributed by atoms with Crippen molar-refractivity contribution in [3.8, 4) is 23.0 Å². The minimum absolute atomic E-state index is 0.0423. The van der Waals surface area contributed by atoms with E-state index in [0.717, 1.165) is 31.2 Å². The van der Waals surface area contributed by atoms with Gasteiger partial charge in [0.15, 0.2) is 11.5 Å². The molecule has 2 aromatic rings. The number of carbonyl (C=O) groups excluding carboxylic acids is 1. The molecule has 4 rings (SSSR count). The number of rotatable bonds is 5. The fraction of sp³-hybridized carbons (Fsp3) is 0.480. The lowest BCUT2D eigenvalue weighted by Crippen LogP contribution is -2.56. The molecule has 0 spiro atoms. The lowest BCUT2D eigenvalue weighted by Gasteiger charge is -2.52. The van der Waals surface area contributed by atoms with Crippen molar-refractivity contribution in [1.29, 1.82) is 0 Å². The number of phenols is 1. The fourth-order valence-electron chi connectivity index (χ4n) is 5.33. The number of aromatic hydroxyl groups is 1. The molecule has 172 valence electrons. The highest BCUT2D eigenvalue weighted by atomic mass is 16.5. The largest absolute Gasteiger partial charge is 0.504 e. The normalized spacial score (nSPS) is 25.1. The van der Waals surface area contributed by atoms with E-state index in [4.69, 9.17) is 14.2 Å². The standard InChI is InChI=1S/C25H31NO6/c1-30-17-8-9-18(21(15-17)31-2)24(28)26-13-12-25(29)11-5-4-6-19(25)23(26)16-7-10-20(27)22(14-16)32-3/h7-10,14-15,19,23,27,29H,4-6,11-13H2,1-3H3/t19-,23+,25+/m0/s1. The Morgan fingerprint density at radius 1 is 1.00 bits per heavy atom. The average molecular weight is 442 g/mol. The topological polar surface area (TPSA) is 88.5 Å². The van der Waals surface area contributed by atoms with Crippen LogP contribution in [0.25, 0.3) is 0 Å². The van der Waals surface area contributed by atoms with Gasteiger partial charge in [0.05, 0.1) is 38.5 Å². The summed E-state index contributed by atoms with van der Waals surface area (Å²) >= 11 is 0. The third-order valence-corrected chi connectivity index (χ3v) is 7.01. The molecule has 0 unspecified atom stereocenters. The van der Waals surface area contributed by atoms with Crippen LogP contribution in [0.15, 0.2) is 36.4 Å². The Morgan fingerprint density at radius 3 is 2.50 bits per heavy atom. The number of likely N-dealkylation sites (tertiary alicyclic amines) is 1. The van der Waals surface area contributed by atoms with Crippen molar-refractivity contribution >= 4 is 5.91 Å². The predicted octanol–water partition coefficient (Wildman–Crippen LogP) is 3.93. The van der Waals surface area contributed by atoms with Gasteiger partial charge in [0.25, 0.3) is 5.91 Å². The summed E-state index contributed by atoms with van der Waals surface area (Å²) in [5.74, 6) is 1.18. The summed E-state index contributed by atoms with van der Waals surface area (Å²) in [7, 11) is 4.60. The van der Waals surface area contributed by atoms with E-state index in [1.165, 1.54) is 14.2 Å². The lowest BCUT2D eigenvalue weighted by molar-refractivity contribution is -0.115. The van der Waals surface area contributed by atoms with Gasteiger partial charge in [0, 0.05) is 18.5 Å². The van der Waals surface area contributed by atoms with Gasteiger partial charge in [0.1, 0.15) is 11.5 Å². The maximum Gasteiger partial charge on any atom is 0.258 e. The molecule has 2 aliphatic rings. The van der Waals surface area contributed by atoms with E-state index >= 15 is 0 Å². The second-order valence-electron chi connectivity index (χ2n) is 8.65. The van der Waals surface area contributed by atoms with Gasteiger partial charge >= 0.3 is 0 Å². The highest BCUT2D eigenvalue weighted by Crippen LogP contribution is 2.50. The molecule has 1 aliphatic carbocycles. The molecule has 7 heteroatoms. The van der Waals surface area contributed by atoms with Crippen molar-refractivity contribution in [3.05, 3.63) is 47.5 Å². The van der Waals surface area contributed by atoms with Crippen LogP contribution in [0.1, 0.15) is 54.1 Å². The summed E-state index contributed by atoms with van der Waals surface area (Å²) in [4.78, 5) is 15.6. The van der Waals surface area contributed by atoms with Gasteiger partial charge in [-0.3, -0.25) is 4.79 Å². The van der Waals surface area contributed by atoms with Crippen molar-refractivity contribution in [2.45, 2.75) is 43.7 Å². The zero-order chi connectivity index (χ0) is 22.9. The Kier molecular flexibility index (Phi) is 6.20. The number of phenolic OH excluding ortho intramolecular Hbond substituents is 1. The van der Waals surface area contributed by atoms with Gasteiger partial charge in [-0.2, -0.15) is 0 Å². The molecule has 2 N–H and O–H groups in total. The minimum atomic E-state index is -0.811. The molecular weight excluding hydrogens is 410 g/mol. The van der Waals surface area contributed by atoms with Gasteiger partial charge in [-0.25, -0.2) is 0 Å². The quantitative estimate of drug-likeness (QED) is 0.731. The third-order valence-electron chi connectivity index (χ3n) is 7.01. The van der Waals surface area contributed by atoms with Crippen molar-refractivity contribution in [1.82, 2.24) is 4.90 Å². The van der Waals surface area contributed by atoms with Crippen LogP contribution in [0.4, 0.5) is 0 Å². The van der Waals surface area contributed by atoms with E-state index in [1.54, 1.807) is 37.4 Å². The molecular formula is C25H31NO6. The van der Waals surface area contributed by atoms with E-state index in [1.807, 2.05) is 11.0 Å². The number of benzene rings is 2. The first-order chi connectivity index (χ1) is 15.4. The number of piperidine rings is 1. The first kappa shape index (κ1) is 22.3. The van der Waals surface area contributed by atoms with Crippen molar-refractivity contribution in [2.75, 3.05) is 27.9 Å². The maximum absolute atomic E-state index is 13.8. The Morgan fingerprint density at radius 2 is 1.78 bits per heavy atom. The number of hydrogen-bond donors (Lipinski definition) is 2. The summed E-state index contributed by atoms with van der Waals surface area (Å²) in [6.07, 6.45) is 4.09. The van der Waals surface area contributed by atoms with E-state index < -0.39 is 5.60 Å². The van der Waals surface area contributed by atoms with E-state index in [2.05, 4.69) is 0 Å². The molecule has 1 aliphatic heterocycles. The molecule has 32 heavy (non-hydrogen) atoms. The number of carbonyl (C=O) groups is 1. The number of methoxy groups -OCH3 is 3. The molecule has 1 saturated heterocycles. The number of nitrogens with zero attached hydrogens (tertiary/aromatic N) is 1. The Bertz CT molecular complexity index is 992. The van der Waals surface area contributed by atoms with Crippen LogP contribution < -0.4 is 14.2 Å². The minimum Gasteiger partial charge on any atom is -0.504 e. The number of amides is 1. The Labute approximate surface area is 188 Å². The molecule has 1 saturated carbocycles. The molecule has 3 atom stereocenters. The van der Waals surface area contributed by atoms with Gasteiger partial charge in [-0.05, 0) is 49.1 Å². The summed E-state index contributed by atoms with van der Waals surface area (Å²) in [6.45, 7) is 0.425. The smallest absolute Gasteiger partial charge is 0.258 e. The summed E-state index contributed by atoms with van der Waals surface area (Å²) in [5, 5.41) is 21.6. The van der Waals surface area contributed by atoms with Crippen LogP contribution in [0.5, 0.6) is 23.0 Å².